The van der Waals surface area contributed by atoms with Crippen molar-refractivity contribution in [3.8, 4) is 5.75 Å². The summed E-state index contributed by atoms with van der Waals surface area (Å²) in [6, 6.07) is 9.85. The standard InChI is InChI=1S/C45H50Cl2N10O8/c1-24(2)56-32-6-4-26(18-25(32)19-35(43(56)62)64-23-37(59)48-3)50-40-31(46)22-49-45(52-40)55-12-10-28(11-13-55)65-29-20-27(21-29)53-14-16-54(17-15-53)33-7-5-30-38(39(33)47)44(63)57(42(30)61)34-8-9-36(58)51-41(34)60/h4-7,18-19,22,24,27-29,34H,8-17,20-21,23H2,1-3H3,(H,48,59)(H,49,50,52)(H,51,58,60)/t27-,29-,34?. The first-order valence-corrected chi connectivity index (χ1v) is 22.8. The fourth-order valence-corrected chi connectivity index (χ4v) is 9.96. The molecule has 5 amide bonds. The summed E-state index contributed by atoms with van der Waals surface area (Å²) >= 11 is 13.4. The lowest BCUT2D eigenvalue weighted by atomic mass is 9.87. The van der Waals surface area contributed by atoms with Crippen LogP contribution in [-0.2, 0) is 19.1 Å². The normalized spacial score (nSPS) is 21.8. The van der Waals surface area contributed by atoms with Crippen LogP contribution in [0.1, 0.15) is 79.1 Å². The van der Waals surface area contributed by atoms with Crippen molar-refractivity contribution in [2.45, 2.75) is 82.7 Å². The van der Waals surface area contributed by atoms with Crippen LogP contribution < -0.4 is 36.0 Å². The van der Waals surface area contributed by atoms with Gasteiger partial charge in [-0.2, -0.15) is 4.98 Å². The molecular formula is C45H50Cl2N10O8. The van der Waals surface area contributed by atoms with Crippen molar-refractivity contribution in [2.24, 2.45) is 0 Å². The van der Waals surface area contributed by atoms with Gasteiger partial charge < -0.3 is 34.5 Å². The number of imide groups is 2. The fraction of sp³-hybridized carbons (Fsp3) is 0.467. The van der Waals surface area contributed by atoms with Gasteiger partial charge in [-0.1, -0.05) is 23.2 Å². The predicted octanol–water partition coefficient (Wildman–Crippen LogP) is 4.29. The third kappa shape index (κ3) is 8.71. The van der Waals surface area contributed by atoms with Crippen molar-refractivity contribution in [1.82, 2.24) is 35.0 Å². The van der Waals surface area contributed by atoms with Crippen LogP contribution in [0.2, 0.25) is 10.0 Å². The van der Waals surface area contributed by atoms with E-state index in [-0.39, 0.29) is 71.1 Å². The van der Waals surface area contributed by atoms with Crippen molar-refractivity contribution in [2.75, 3.05) is 68.0 Å². The van der Waals surface area contributed by atoms with Crippen molar-refractivity contribution >= 4 is 86.8 Å². The maximum atomic E-state index is 13.5. The number of benzene rings is 2. The molecule has 2 aromatic heterocycles. The van der Waals surface area contributed by atoms with E-state index in [2.05, 4.69) is 35.6 Å². The van der Waals surface area contributed by atoms with E-state index >= 15 is 0 Å². The third-order valence-electron chi connectivity index (χ3n) is 13.0. The molecular weight excluding hydrogens is 879 g/mol. The number of carbonyl (C=O) groups excluding carboxylic acids is 5. The molecule has 5 aliphatic rings. The summed E-state index contributed by atoms with van der Waals surface area (Å²) in [5.74, 6) is -1.51. The van der Waals surface area contributed by atoms with Gasteiger partial charge in [0.1, 0.15) is 11.1 Å². The summed E-state index contributed by atoms with van der Waals surface area (Å²) in [5.41, 5.74) is 2.06. The number of carbonyl (C=O) groups is 5. The Morgan fingerprint density at radius 2 is 1.66 bits per heavy atom. The lowest BCUT2D eigenvalue weighted by Crippen LogP contribution is -2.56. The van der Waals surface area contributed by atoms with Crippen LogP contribution in [0, 0.1) is 0 Å². The van der Waals surface area contributed by atoms with Gasteiger partial charge in [-0.25, -0.2) is 4.98 Å². The summed E-state index contributed by atoms with van der Waals surface area (Å²) in [4.78, 5) is 93.0. The first-order valence-electron chi connectivity index (χ1n) is 22.0. The number of pyridine rings is 1. The summed E-state index contributed by atoms with van der Waals surface area (Å²) < 4.78 is 13.8. The molecule has 1 unspecified atom stereocenters. The Kier molecular flexibility index (Phi) is 12.4. The second kappa shape index (κ2) is 18.2. The van der Waals surface area contributed by atoms with Gasteiger partial charge in [-0.05, 0) is 82.3 Å². The van der Waals surface area contributed by atoms with Crippen molar-refractivity contribution in [3.05, 3.63) is 74.1 Å². The molecule has 2 aromatic carbocycles. The highest BCUT2D eigenvalue weighted by Crippen LogP contribution is 2.40. The molecule has 4 aliphatic heterocycles. The van der Waals surface area contributed by atoms with Crippen LogP contribution in [0.5, 0.6) is 5.75 Å². The highest BCUT2D eigenvalue weighted by atomic mass is 35.5. The maximum absolute atomic E-state index is 13.5. The zero-order chi connectivity index (χ0) is 45.7. The van der Waals surface area contributed by atoms with E-state index in [4.69, 9.17) is 37.7 Å². The SMILES string of the molecule is CNC(=O)COc1cc2cc(Nc3nc(N4CCC(O[C@H]5C[C@H](N6CCN(c7ccc8c(c7Cl)C(=O)N(C7CCC(=O)NC7=O)C8=O)CC6)C5)CC4)ncc3Cl)ccc2n(C(C)C)c1=O. The summed E-state index contributed by atoms with van der Waals surface area (Å²) in [5, 5.41) is 9.35. The monoisotopic (exact) mass is 928 g/mol. The van der Waals surface area contributed by atoms with Crippen LogP contribution >= 0.6 is 23.2 Å². The van der Waals surface area contributed by atoms with Gasteiger partial charge in [0.25, 0.3) is 23.3 Å². The minimum Gasteiger partial charge on any atom is -0.478 e. The summed E-state index contributed by atoms with van der Waals surface area (Å²) in [6.45, 7) is 8.03. The smallest absolute Gasteiger partial charge is 0.293 e. The van der Waals surface area contributed by atoms with Gasteiger partial charge in [-0.3, -0.25) is 43.9 Å². The molecule has 65 heavy (non-hydrogen) atoms. The number of likely N-dealkylation sites (N-methyl/N-ethyl adjacent to an activating group) is 1. The average Bonchev–Trinajstić information content (AvgIpc) is 3.53. The molecule has 4 aromatic rings. The number of amides is 5. The highest BCUT2D eigenvalue weighted by molar-refractivity contribution is 6.40. The lowest BCUT2D eigenvalue weighted by Gasteiger charge is -2.47. The second-order valence-electron chi connectivity index (χ2n) is 17.4. The molecule has 0 spiro atoms. The molecule has 3 N–H and O–H groups in total. The molecule has 6 heterocycles. The molecule has 0 radical (unpaired) electrons. The molecule has 9 rings (SSSR count). The molecule has 4 fully saturated rings. The van der Waals surface area contributed by atoms with Crippen LogP contribution in [-0.4, -0.2) is 131 Å². The number of anilines is 4. The molecule has 342 valence electrons. The number of piperidine rings is 2. The van der Waals surface area contributed by atoms with Gasteiger partial charge in [0.05, 0.1) is 45.8 Å². The van der Waals surface area contributed by atoms with Crippen molar-refractivity contribution < 1.29 is 33.4 Å². The zero-order valence-electron chi connectivity index (χ0n) is 36.3. The summed E-state index contributed by atoms with van der Waals surface area (Å²) in [6.07, 6.45) is 5.63. The first kappa shape index (κ1) is 44.4. The third-order valence-corrected chi connectivity index (χ3v) is 13.7. The second-order valence-corrected chi connectivity index (χ2v) is 18.2. The van der Waals surface area contributed by atoms with Crippen molar-refractivity contribution in [1.29, 1.82) is 0 Å². The Morgan fingerprint density at radius 1 is 0.908 bits per heavy atom. The van der Waals surface area contributed by atoms with E-state index in [1.165, 1.54) is 7.05 Å². The van der Waals surface area contributed by atoms with E-state index in [0.29, 0.717) is 47.3 Å². The number of halogens is 2. The number of nitrogens with one attached hydrogen (secondary N) is 3. The molecule has 1 aliphatic carbocycles. The van der Waals surface area contributed by atoms with Crippen LogP contribution in [0.25, 0.3) is 10.9 Å². The zero-order valence-corrected chi connectivity index (χ0v) is 37.8. The number of nitrogens with zero attached hydrogens (tertiary/aromatic N) is 7. The fourth-order valence-electron chi connectivity index (χ4n) is 9.45. The number of rotatable bonds is 12. The van der Waals surface area contributed by atoms with E-state index in [9.17, 15) is 28.8 Å². The molecule has 1 saturated carbocycles. The number of aromatic nitrogens is 3. The Bertz CT molecular complexity index is 2640. The highest BCUT2D eigenvalue weighted by Gasteiger charge is 2.46. The van der Waals surface area contributed by atoms with E-state index < -0.39 is 29.7 Å². The molecule has 0 bridgehead atoms. The van der Waals surface area contributed by atoms with E-state index in [0.717, 1.165) is 67.7 Å². The topological polar surface area (TPSA) is 201 Å². The van der Waals surface area contributed by atoms with Crippen molar-refractivity contribution in [3.63, 3.8) is 0 Å². The number of piperazine rings is 1. The Morgan fingerprint density at radius 3 is 2.37 bits per heavy atom. The molecule has 20 heteroatoms. The number of hydrogen-bond donors (Lipinski definition) is 3. The Labute approximate surface area is 384 Å². The van der Waals surface area contributed by atoms with Gasteiger partial charge in [0, 0.05) is 75.9 Å². The van der Waals surface area contributed by atoms with Crippen LogP contribution in [0.3, 0.4) is 0 Å². The number of hydrogen-bond acceptors (Lipinski definition) is 14. The molecule has 18 nitrogen and oxygen atoms in total. The van der Waals surface area contributed by atoms with Gasteiger partial charge in [0.15, 0.2) is 18.2 Å². The van der Waals surface area contributed by atoms with Crippen LogP contribution in [0.4, 0.5) is 23.1 Å². The van der Waals surface area contributed by atoms with Gasteiger partial charge in [-0.15, -0.1) is 0 Å². The van der Waals surface area contributed by atoms with Gasteiger partial charge >= 0.3 is 0 Å². The number of fused-ring (bicyclic) bond motifs is 2. The van der Waals surface area contributed by atoms with Crippen LogP contribution in [0.15, 0.2) is 47.4 Å². The minimum atomic E-state index is -1.05. The Hall–Kier alpha value is -5.82. The molecule has 1 atom stereocenters. The van der Waals surface area contributed by atoms with Gasteiger partial charge in [0.2, 0.25) is 17.8 Å². The maximum Gasteiger partial charge on any atom is 0.293 e. The number of ether oxygens (including phenoxy) is 2. The lowest BCUT2D eigenvalue weighted by molar-refractivity contribution is -0.136. The predicted molar refractivity (Wildman–Crippen MR) is 244 cm³/mol. The van der Waals surface area contributed by atoms with E-state index in [1.807, 2.05) is 32.0 Å². The average molecular weight is 930 g/mol. The van der Waals surface area contributed by atoms with E-state index in [1.54, 1.807) is 29.0 Å². The Balaban J connectivity index is 0.752. The quantitative estimate of drug-likeness (QED) is 0.170. The molecule has 3 saturated heterocycles. The summed E-state index contributed by atoms with van der Waals surface area (Å²) in [7, 11) is 1.51. The largest absolute Gasteiger partial charge is 0.478 e. The minimum absolute atomic E-state index is 0.0497. The first-order chi connectivity index (χ1) is 31.3.